The molecule has 0 unspecified atom stereocenters. The number of carbonyl (C=O) groups is 1. The molecule has 0 saturated carbocycles. The van der Waals surface area contributed by atoms with Crippen LogP contribution in [-0.2, 0) is 7.05 Å². The smallest absolute Gasteiger partial charge is 0.274 e. The third-order valence-corrected chi connectivity index (χ3v) is 3.60. The molecule has 6 heteroatoms. The molecule has 0 radical (unpaired) electrons. The van der Waals surface area contributed by atoms with Crippen LogP contribution in [0, 0.1) is 0 Å². The summed E-state index contributed by atoms with van der Waals surface area (Å²) in [6, 6.07) is 11.2. The molecule has 1 amide bonds. The number of hydrazone groups is 1. The third kappa shape index (κ3) is 2.71. The van der Waals surface area contributed by atoms with Crippen LogP contribution < -0.4 is 5.43 Å². The molecule has 0 aliphatic carbocycles. The van der Waals surface area contributed by atoms with E-state index in [-0.39, 0.29) is 5.15 Å². The van der Waals surface area contributed by atoms with Gasteiger partial charge in [-0.05, 0) is 18.2 Å². The summed E-state index contributed by atoms with van der Waals surface area (Å²) in [5.74, 6) is -0.394. The summed E-state index contributed by atoms with van der Waals surface area (Å²) in [4.78, 5) is 15.8. The molecule has 1 N–H and O–H groups in total. The summed E-state index contributed by atoms with van der Waals surface area (Å²) in [5.41, 5.74) is 4.78. The Labute approximate surface area is 132 Å². The Morgan fingerprint density at radius 2 is 2.14 bits per heavy atom. The molecule has 0 atom stereocenters. The Morgan fingerprint density at radius 3 is 2.95 bits per heavy atom. The molecule has 2 aromatic heterocycles. The van der Waals surface area contributed by atoms with Gasteiger partial charge in [0.05, 0.1) is 11.8 Å². The molecule has 110 valence electrons. The Morgan fingerprint density at radius 1 is 1.32 bits per heavy atom. The highest BCUT2D eigenvalue weighted by Crippen LogP contribution is 2.18. The van der Waals surface area contributed by atoms with E-state index in [4.69, 9.17) is 11.6 Å². The van der Waals surface area contributed by atoms with Crippen molar-refractivity contribution in [3.8, 4) is 0 Å². The normalized spacial score (nSPS) is 11.2. The summed E-state index contributed by atoms with van der Waals surface area (Å²) < 4.78 is 2.01. The fourth-order valence-corrected chi connectivity index (χ4v) is 2.46. The van der Waals surface area contributed by atoms with Crippen molar-refractivity contribution in [3.63, 3.8) is 0 Å². The van der Waals surface area contributed by atoms with Crippen LogP contribution in [0.15, 0.2) is 53.9 Å². The number of fused-ring (bicyclic) bond motifs is 1. The van der Waals surface area contributed by atoms with E-state index in [9.17, 15) is 4.79 Å². The first-order chi connectivity index (χ1) is 10.7. The van der Waals surface area contributed by atoms with Gasteiger partial charge >= 0.3 is 0 Å². The van der Waals surface area contributed by atoms with Crippen LogP contribution in [-0.4, -0.2) is 21.7 Å². The van der Waals surface area contributed by atoms with Crippen LogP contribution in [0.5, 0.6) is 0 Å². The van der Waals surface area contributed by atoms with Gasteiger partial charge in [0.1, 0.15) is 5.15 Å². The quantitative estimate of drug-likeness (QED) is 0.459. The zero-order valence-electron chi connectivity index (χ0n) is 11.8. The third-order valence-electron chi connectivity index (χ3n) is 3.30. The molecule has 0 spiro atoms. The van der Waals surface area contributed by atoms with Crippen molar-refractivity contribution in [2.75, 3.05) is 0 Å². The van der Waals surface area contributed by atoms with Crippen molar-refractivity contribution in [1.29, 1.82) is 0 Å². The monoisotopic (exact) mass is 312 g/mol. The lowest BCUT2D eigenvalue weighted by molar-refractivity contribution is 0.0955. The maximum Gasteiger partial charge on any atom is 0.274 e. The zero-order valence-corrected chi connectivity index (χ0v) is 12.6. The number of aromatic nitrogens is 2. The average Bonchev–Trinajstić information content (AvgIpc) is 2.85. The fourth-order valence-electron chi connectivity index (χ4n) is 2.25. The number of amides is 1. The summed E-state index contributed by atoms with van der Waals surface area (Å²) >= 11 is 5.87. The van der Waals surface area contributed by atoms with Crippen LogP contribution in [0.25, 0.3) is 10.9 Å². The number of hydrogen-bond donors (Lipinski definition) is 1. The zero-order chi connectivity index (χ0) is 15.5. The maximum atomic E-state index is 12.0. The number of para-hydroxylation sites is 1. The molecule has 0 bridgehead atoms. The van der Waals surface area contributed by atoms with Crippen LogP contribution in [0.2, 0.25) is 5.15 Å². The second-order valence-corrected chi connectivity index (χ2v) is 5.11. The lowest BCUT2D eigenvalue weighted by Crippen LogP contribution is -2.18. The van der Waals surface area contributed by atoms with Gasteiger partial charge in [-0.3, -0.25) is 4.79 Å². The number of nitrogens with one attached hydrogen (secondary N) is 1. The lowest BCUT2D eigenvalue weighted by Gasteiger charge is -2.00. The van der Waals surface area contributed by atoms with Crippen molar-refractivity contribution in [2.45, 2.75) is 0 Å². The summed E-state index contributed by atoms with van der Waals surface area (Å²) in [6.45, 7) is 0. The standard InChI is InChI=1S/C16H13ClN4O/c1-21-10-11(12-5-2-3-7-14(12)21)9-19-20-16(22)13-6-4-8-18-15(13)17/h2-10H,1H3,(H,20,22). The Kier molecular flexibility index (Phi) is 3.89. The molecule has 0 fully saturated rings. The van der Waals surface area contributed by atoms with Gasteiger partial charge in [0, 0.05) is 35.9 Å². The van der Waals surface area contributed by atoms with E-state index >= 15 is 0 Å². The number of carbonyl (C=O) groups excluding carboxylic acids is 1. The van der Waals surface area contributed by atoms with E-state index in [1.54, 1.807) is 18.3 Å². The van der Waals surface area contributed by atoms with Gasteiger partial charge in [0.25, 0.3) is 5.91 Å². The molecule has 5 nitrogen and oxygen atoms in total. The first kappa shape index (κ1) is 14.3. The van der Waals surface area contributed by atoms with Gasteiger partial charge in [0.2, 0.25) is 0 Å². The van der Waals surface area contributed by atoms with Gasteiger partial charge in [-0.15, -0.1) is 0 Å². The van der Waals surface area contributed by atoms with E-state index in [0.717, 1.165) is 16.5 Å². The van der Waals surface area contributed by atoms with Gasteiger partial charge in [0.15, 0.2) is 0 Å². The second-order valence-electron chi connectivity index (χ2n) is 4.75. The van der Waals surface area contributed by atoms with Gasteiger partial charge < -0.3 is 4.57 Å². The molecular weight excluding hydrogens is 300 g/mol. The van der Waals surface area contributed by atoms with Gasteiger partial charge in [-0.2, -0.15) is 5.10 Å². The number of nitrogens with zero attached hydrogens (tertiary/aromatic N) is 3. The minimum Gasteiger partial charge on any atom is -0.350 e. The largest absolute Gasteiger partial charge is 0.350 e. The number of aryl methyl sites for hydroxylation is 1. The van der Waals surface area contributed by atoms with Crippen molar-refractivity contribution in [3.05, 3.63) is 65.1 Å². The number of halogens is 1. The fraction of sp³-hybridized carbons (Fsp3) is 0.0625. The topological polar surface area (TPSA) is 59.3 Å². The summed E-state index contributed by atoms with van der Waals surface area (Å²) in [5, 5.41) is 5.22. The van der Waals surface area contributed by atoms with Crippen molar-refractivity contribution in [2.24, 2.45) is 12.1 Å². The van der Waals surface area contributed by atoms with Crippen LogP contribution in [0.4, 0.5) is 0 Å². The van der Waals surface area contributed by atoms with Crippen molar-refractivity contribution >= 4 is 34.6 Å². The van der Waals surface area contributed by atoms with Crippen LogP contribution >= 0.6 is 11.6 Å². The second kappa shape index (κ2) is 5.99. The molecule has 3 aromatic rings. The summed E-state index contributed by atoms with van der Waals surface area (Å²) in [6.07, 6.45) is 5.10. The average molecular weight is 313 g/mol. The van der Waals surface area contributed by atoms with E-state index < -0.39 is 5.91 Å². The first-order valence-electron chi connectivity index (χ1n) is 6.65. The van der Waals surface area contributed by atoms with E-state index in [1.165, 1.54) is 6.20 Å². The highest BCUT2D eigenvalue weighted by molar-refractivity contribution is 6.32. The van der Waals surface area contributed by atoms with Gasteiger partial charge in [-0.1, -0.05) is 29.8 Å². The predicted molar refractivity (Wildman–Crippen MR) is 87.2 cm³/mol. The number of benzene rings is 1. The number of pyridine rings is 1. The maximum absolute atomic E-state index is 12.0. The highest BCUT2D eigenvalue weighted by Gasteiger charge is 2.09. The van der Waals surface area contributed by atoms with E-state index in [0.29, 0.717) is 5.56 Å². The molecule has 0 aliphatic heterocycles. The Bertz CT molecular complexity index is 869. The lowest BCUT2D eigenvalue weighted by atomic mass is 10.2. The summed E-state index contributed by atoms with van der Waals surface area (Å²) in [7, 11) is 1.97. The molecular formula is C16H13ClN4O. The predicted octanol–water partition coefficient (Wildman–Crippen LogP) is 2.99. The molecule has 1 aromatic carbocycles. The minimum absolute atomic E-state index is 0.153. The molecule has 22 heavy (non-hydrogen) atoms. The van der Waals surface area contributed by atoms with Crippen LogP contribution in [0.3, 0.4) is 0 Å². The molecule has 3 rings (SSSR count). The van der Waals surface area contributed by atoms with Gasteiger partial charge in [-0.25, -0.2) is 10.4 Å². The van der Waals surface area contributed by atoms with E-state index in [1.807, 2.05) is 42.1 Å². The SMILES string of the molecule is Cn1cc(C=NNC(=O)c2cccnc2Cl)c2ccccc21. The Hall–Kier alpha value is -2.66. The van der Waals surface area contributed by atoms with E-state index in [2.05, 4.69) is 15.5 Å². The minimum atomic E-state index is -0.394. The van der Waals surface area contributed by atoms with Crippen molar-refractivity contribution < 1.29 is 4.79 Å². The Balaban J connectivity index is 1.80. The number of hydrogen-bond acceptors (Lipinski definition) is 3. The number of rotatable bonds is 3. The van der Waals surface area contributed by atoms with Crippen LogP contribution in [0.1, 0.15) is 15.9 Å². The molecule has 0 aliphatic rings. The molecule has 2 heterocycles. The molecule has 0 saturated heterocycles. The first-order valence-corrected chi connectivity index (χ1v) is 7.02. The van der Waals surface area contributed by atoms with Crippen molar-refractivity contribution in [1.82, 2.24) is 15.0 Å². The highest BCUT2D eigenvalue weighted by atomic mass is 35.5.